The number of imidazole rings is 1. The molecular formula is C19H27I2N3O2Pt. The maximum absolute atomic E-state index is 5.31. The minimum absolute atomic E-state index is 0.758. The molecule has 154 valence electrons. The molecule has 0 atom stereocenters. The summed E-state index contributed by atoms with van der Waals surface area (Å²) in [4.78, 5) is 0. The molecule has 8 heteroatoms. The van der Waals surface area contributed by atoms with Gasteiger partial charge in [0.05, 0.1) is 0 Å². The Bertz CT molecular complexity index is 771. The van der Waals surface area contributed by atoms with E-state index in [4.69, 9.17) is 9.47 Å². The van der Waals surface area contributed by atoms with Crippen molar-refractivity contribution in [1.82, 2.24) is 10.5 Å². The monoisotopic (exact) mass is 778 g/mol. The van der Waals surface area contributed by atoms with E-state index in [1.54, 1.807) is 14.2 Å². The number of halogens is 2. The van der Waals surface area contributed by atoms with Crippen LogP contribution >= 0.6 is 45.7 Å². The number of benzene rings is 1. The Kier molecular flexibility index (Phi) is 10.4. The maximum Gasteiger partial charge on any atom is 0.0311 e. The molecule has 3 rings (SSSR count). The molecule has 0 bridgehead atoms. The third-order valence-corrected chi connectivity index (χ3v) is 7.64. The van der Waals surface area contributed by atoms with Crippen molar-refractivity contribution in [3.05, 3.63) is 40.0 Å². The van der Waals surface area contributed by atoms with Crippen molar-refractivity contribution < 1.29 is 28.8 Å². The Labute approximate surface area is 200 Å². The van der Waals surface area contributed by atoms with Crippen LogP contribution in [0.1, 0.15) is 37.7 Å². The summed E-state index contributed by atoms with van der Waals surface area (Å²) in [5.41, 5.74) is 1.18. The summed E-state index contributed by atoms with van der Waals surface area (Å²) in [6.45, 7) is 0.819. The average molecular weight is 778 g/mol. The van der Waals surface area contributed by atoms with Gasteiger partial charge in [0.15, 0.2) is 0 Å². The van der Waals surface area contributed by atoms with E-state index in [0.29, 0.717) is 0 Å². The Morgan fingerprint density at radius 1 is 1.07 bits per heavy atom. The quantitative estimate of drug-likeness (QED) is 0.306. The van der Waals surface area contributed by atoms with Crippen molar-refractivity contribution >= 4 is 45.7 Å². The van der Waals surface area contributed by atoms with E-state index in [-0.39, 0.29) is 0 Å². The van der Waals surface area contributed by atoms with Gasteiger partial charge >= 0.3 is 117 Å². The standard InChI is InChI=1S/C13H16N2O2.C6H11I2N.Pt/c1-14-6-7-15(10-14)9-11-4-5-12(16-2)13(8-11)17-3;7-9(8)6-4-2-1-3-5-6;/h4-8H,9H2,1-3H3;6H,1-5H2;. The van der Waals surface area contributed by atoms with Gasteiger partial charge in [-0.15, -0.1) is 0 Å². The van der Waals surface area contributed by atoms with E-state index >= 15 is 0 Å². The predicted octanol–water partition coefficient (Wildman–Crippen LogP) is 5.29. The minimum Gasteiger partial charge on any atom is -0.185 e. The molecule has 1 aliphatic carbocycles. The van der Waals surface area contributed by atoms with E-state index < -0.39 is 0 Å². The molecule has 0 unspecified atom stereocenters. The summed E-state index contributed by atoms with van der Waals surface area (Å²) in [5, 5.41) is 0. The van der Waals surface area contributed by atoms with Crippen LogP contribution in [0, 0.1) is 3.80 Å². The zero-order chi connectivity index (χ0) is 19.8. The van der Waals surface area contributed by atoms with Gasteiger partial charge in [-0.1, -0.05) is 19.3 Å². The van der Waals surface area contributed by atoms with Crippen LogP contribution < -0.4 is 9.47 Å². The Morgan fingerprint density at radius 3 is 2.22 bits per heavy atom. The van der Waals surface area contributed by atoms with Crippen molar-refractivity contribution in [2.75, 3.05) is 14.2 Å². The van der Waals surface area contributed by atoms with E-state index in [9.17, 15) is 0 Å². The van der Waals surface area contributed by atoms with Crippen molar-refractivity contribution in [3.8, 4) is 11.5 Å². The van der Waals surface area contributed by atoms with Gasteiger partial charge in [0.1, 0.15) is 0 Å². The van der Waals surface area contributed by atoms with Gasteiger partial charge < -0.3 is 0 Å². The van der Waals surface area contributed by atoms with Crippen LogP contribution in [0.25, 0.3) is 0 Å². The molecule has 1 fully saturated rings. The second-order valence-corrected chi connectivity index (χ2v) is 11.5. The zero-order valence-electron chi connectivity index (χ0n) is 15.9. The molecule has 2 aromatic rings. The molecule has 0 aliphatic heterocycles. The molecule has 1 aromatic carbocycles. The van der Waals surface area contributed by atoms with Crippen LogP contribution in [0.5, 0.6) is 11.5 Å². The Hall–Kier alpha value is 0.138. The fourth-order valence-electron chi connectivity index (χ4n) is 3.06. The van der Waals surface area contributed by atoms with E-state index in [1.807, 2.05) is 25.4 Å². The summed E-state index contributed by atoms with van der Waals surface area (Å²) >= 11 is 7.08. The van der Waals surface area contributed by atoms with Crippen LogP contribution in [0.3, 0.4) is 0 Å². The second-order valence-electron chi connectivity index (χ2n) is 6.52. The first kappa shape index (κ1) is 23.4. The first-order valence-corrected chi connectivity index (χ1v) is 12.0. The van der Waals surface area contributed by atoms with Gasteiger partial charge in [-0.2, -0.15) is 1.33 Å². The number of hydrogen-bond acceptors (Lipinski definition) is 3. The number of ether oxygens (including phenoxy) is 2. The van der Waals surface area contributed by atoms with Gasteiger partial charge in [0.2, 0.25) is 0 Å². The van der Waals surface area contributed by atoms with Crippen molar-refractivity contribution in [2.24, 2.45) is 7.05 Å². The smallest absolute Gasteiger partial charge is 0.0311 e. The fourth-order valence-corrected chi connectivity index (χ4v) is 4.69. The summed E-state index contributed by atoms with van der Waals surface area (Å²) in [7, 11) is 5.33. The zero-order valence-corrected chi connectivity index (χ0v) is 22.5. The molecule has 0 radical (unpaired) electrons. The summed E-state index contributed by atoms with van der Waals surface area (Å²) in [6.07, 6.45) is 11.3. The molecule has 0 spiro atoms. The summed E-state index contributed by atoms with van der Waals surface area (Å²) < 4.78 is 18.3. The second kappa shape index (κ2) is 12.0. The molecule has 1 saturated carbocycles. The molecule has 27 heavy (non-hydrogen) atoms. The number of rotatable bonds is 5. The first-order chi connectivity index (χ1) is 13.0. The molecule has 1 aliphatic rings. The van der Waals surface area contributed by atoms with Crippen molar-refractivity contribution in [2.45, 2.75) is 44.7 Å². The van der Waals surface area contributed by atoms with Gasteiger partial charge in [-0.3, -0.25) is 0 Å². The normalized spacial score (nSPS) is 14.7. The van der Waals surface area contributed by atoms with E-state index in [2.05, 4.69) is 87.8 Å². The Balaban J connectivity index is 0.000000244. The molecule has 1 aromatic heterocycles. The number of hydrogen-bond donors (Lipinski definition) is 0. The molecular weight excluding hydrogens is 751 g/mol. The fraction of sp³-hybridized carbons (Fsp3) is 0.526. The molecule has 1 heterocycles. The van der Waals surface area contributed by atoms with Crippen molar-refractivity contribution in [3.63, 3.8) is 0 Å². The van der Waals surface area contributed by atoms with Gasteiger partial charge in [-0.25, -0.2) is 0 Å². The maximum atomic E-state index is 5.31. The predicted molar refractivity (Wildman–Crippen MR) is 122 cm³/mol. The van der Waals surface area contributed by atoms with Crippen LogP contribution in [0.15, 0.2) is 30.6 Å². The van der Waals surface area contributed by atoms with Crippen LogP contribution in [-0.2, 0) is 32.9 Å². The molecule has 0 amide bonds. The number of aromatic nitrogens is 2. The molecule has 0 N–H and O–H groups in total. The Morgan fingerprint density at radius 2 is 1.74 bits per heavy atom. The third-order valence-electron chi connectivity index (χ3n) is 4.61. The van der Waals surface area contributed by atoms with Crippen LogP contribution in [0.4, 0.5) is 0 Å². The average Bonchev–Trinajstić information content (AvgIpc) is 3.01. The molecule has 5 nitrogen and oxygen atoms in total. The third kappa shape index (κ3) is 7.15. The van der Waals surface area contributed by atoms with E-state index in [1.165, 1.54) is 41.5 Å². The van der Waals surface area contributed by atoms with Gasteiger partial charge in [-0.05, 0) is 12.8 Å². The number of methoxy groups -OCH3 is 2. The van der Waals surface area contributed by atoms with E-state index in [0.717, 1.165) is 24.1 Å². The van der Waals surface area contributed by atoms with Gasteiger partial charge in [0.25, 0.3) is 0 Å². The largest absolute Gasteiger partial charge is 0.185 e. The topological polar surface area (TPSA) is 31.6 Å². The summed E-state index contributed by atoms with van der Waals surface area (Å²) in [5.74, 6) is 1.52. The number of nitrogens with zero attached hydrogens (tertiary/aromatic N) is 3. The van der Waals surface area contributed by atoms with Crippen LogP contribution in [-0.4, -0.2) is 30.7 Å². The summed E-state index contributed by atoms with van der Waals surface area (Å²) in [6, 6.07) is 6.86. The van der Waals surface area contributed by atoms with Crippen LogP contribution in [0.2, 0.25) is 0 Å². The molecule has 0 saturated heterocycles. The SMILES string of the molecule is COc1ccc(Cn2ccn(C)[c]2=[Pt])cc1OC.IN(I)C1CCCCC1. The number of aryl methyl sites for hydroxylation is 1. The van der Waals surface area contributed by atoms with Gasteiger partial charge in [0, 0.05) is 51.8 Å². The minimum atomic E-state index is 0.758. The first-order valence-electron chi connectivity index (χ1n) is 8.95. The van der Waals surface area contributed by atoms with Crippen molar-refractivity contribution in [1.29, 1.82) is 0 Å².